The predicted molar refractivity (Wildman–Crippen MR) is 79.2 cm³/mol. The van der Waals surface area contributed by atoms with E-state index in [9.17, 15) is 4.21 Å². The summed E-state index contributed by atoms with van der Waals surface area (Å²) in [6.07, 6.45) is 0.894. The zero-order valence-electron chi connectivity index (χ0n) is 12.0. The zero-order chi connectivity index (χ0) is 14.4. The average molecular weight is 285 g/mol. The van der Waals surface area contributed by atoms with Gasteiger partial charge in [0.15, 0.2) is 11.5 Å². The third-order valence-corrected chi connectivity index (χ3v) is 5.12. The van der Waals surface area contributed by atoms with Gasteiger partial charge in [0.2, 0.25) is 0 Å². The normalized spacial score (nSPS) is 15.6. The van der Waals surface area contributed by atoms with Crippen LogP contribution in [0.3, 0.4) is 0 Å². The first-order chi connectivity index (χ1) is 9.03. The van der Waals surface area contributed by atoms with E-state index in [-0.39, 0.29) is 11.3 Å². The number of nitrogens with two attached hydrogens (primary N) is 1. The lowest BCUT2D eigenvalue weighted by molar-refractivity contribution is 0.354. The van der Waals surface area contributed by atoms with E-state index in [2.05, 4.69) is 0 Å². The monoisotopic (exact) mass is 285 g/mol. The van der Waals surface area contributed by atoms with Crippen LogP contribution >= 0.6 is 0 Å². The molecule has 3 atom stereocenters. The van der Waals surface area contributed by atoms with Gasteiger partial charge in [0, 0.05) is 27.8 Å². The second-order valence-corrected chi connectivity index (χ2v) is 6.39. The summed E-state index contributed by atoms with van der Waals surface area (Å²) in [5.41, 5.74) is 7.03. The third-order valence-electron chi connectivity index (χ3n) is 3.20. The van der Waals surface area contributed by atoms with Crippen LogP contribution in [-0.2, 0) is 10.8 Å². The summed E-state index contributed by atoms with van der Waals surface area (Å²) in [7, 11) is 2.27. The number of methoxy groups -OCH3 is 2. The van der Waals surface area contributed by atoms with Crippen LogP contribution in [0.1, 0.15) is 31.9 Å². The number of ether oxygens (including phenoxy) is 2. The highest BCUT2D eigenvalue weighted by Crippen LogP contribution is 2.29. The van der Waals surface area contributed by atoms with Crippen molar-refractivity contribution >= 4 is 10.8 Å². The third kappa shape index (κ3) is 4.21. The molecular weight excluding hydrogens is 262 g/mol. The summed E-state index contributed by atoms with van der Waals surface area (Å²) in [4.78, 5) is 0. The summed E-state index contributed by atoms with van der Waals surface area (Å²) < 4.78 is 22.4. The Morgan fingerprint density at radius 2 is 1.89 bits per heavy atom. The smallest absolute Gasteiger partial charge is 0.161 e. The van der Waals surface area contributed by atoms with Gasteiger partial charge in [-0.05, 0) is 24.1 Å². The standard InChI is InChI=1S/C14H23NO3S/c1-5-10(2)19(16)9-12(15)11-6-7-13(17-3)14(8-11)18-4/h6-8,10,12H,5,9,15H2,1-4H3. The Morgan fingerprint density at radius 3 is 2.42 bits per heavy atom. The molecule has 1 aromatic carbocycles. The van der Waals surface area contributed by atoms with Gasteiger partial charge in [0.05, 0.1) is 14.2 Å². The second-order valence-electron chi connectivity index (χ2n) is 4.49. The summed E-state index contributed by atoms with van der Waals surface area (Å²) in [6, 6.07) is 5.30. The molecule has 0 spiro atoms. The molecule has 19 heavy (non-hydrogen) atoms. The van der Waals surface area contributed by atoms with E-state index in [0.717, 1.165) is 12.0 Å². The highest BCUT2D eigenvalue weighted by atomic mass is 32.2. The summed E-state index contributed by atoms with van der Waals surface area (Å²) in [5, 5.41) is 0.172. The Balaban J connectivity index is 2.82. The summed E-state index contributed by atoms with van der Waals surface area (Å²) in [5.74, 6) is 1.77. The van der Waals surface area contributed by atoms with Gasteiger partial charge in [-0.2, -0.15) is 0 Å². The fourth-order valence-corrected chi connectivity index (χ4v) is 2.95. The lowest BCUT2D eigenvalue weighted by Crippen LogP contribution is -2.23. The molecule has 0 fully saturated rings. The first-order valence-electron chi connectivity index (χ1n) is 6.38. The van der Waals surface area contributed by atoms with Crippen LogP contribution in [0, 0.1) is 0 Å². The van der Waals surface area contributed by atoms with Crippen LogP contribution in [0.25, 0.3) is 0 Å². The highest BCUT2D eigenvalue weighted by molar-refractivity contribution is 7.85. The summed E-state index contributed by atoms with van der Waals surface area (Å²) >= 11 is 0. The largest absolute Gasteiger partial charge is 0.493 e. The van der Waals surface area contributed by atoms with Crippen LogP contribution in [0.15, 0.2) is 18.2 Å². The van der Waals surface area contributed by atoms with Crippen molar-refractivity contribution in [3.63, 3.8) is 0 Å². The van der Waals surface area contributed by atoms with Crippen LogP contribution in [0.4, 0.5) is 0 Å². The maximum absolute atomic E-state index is 12.0. The lowest BCUT2D eigenvalue weighted by atomic mass is 10.1. The highest BCUT2D eigenvalue weighted by Gasteiger charge is 2.16. The number of hydrogen-bond donors (Lipinski definition) is 1. The predicted octanol–water partition coefficient (Wildman–Crippen LogP) is 2.25. The van der Waals surface area contributed by atoms with E-state index in [1.165, 1.54) is 0 Å². The molecular formula is C14H23NO3S. The Labute approximate surface area is 117 Å². The molecule has 0 saturated heterocycles. The molecule has 0 heterocycles. The van der Waals surface area contributed by atoms with Crippen molar-refractivity contribution < 1.29 is 13.7 Å². The van der Waals surface area contributed by atoms with E-state index in [4.69, 9.17) is 15.2 Å². The molecule has 0 aliphatic heterocycles. The molecule has 0 radical (unpaired) electrons. The van der Waals surface area contributed by atoms with Gasteiger partial charge in [0.1, 0.15) is 0 Å². The minimum Gasteiger partial charge on any atom is -0.493 e. The molecule has 5 heteroatoms. The van der Waals surface area contributed by atoms with Crippen LogP contribution in [0.2, 0.25) is 0 Å². The first-order valence-corrected chi connectivity index (χ1v) is 7.76. The van der Waals surface area contributed by atoms with E-state index < -0.39 is 10.8 Å². The second kappa shape index (κ2) is 7.50. The molecule has 2 N–H and O–H groups in total. The van der Waals surface area contributed by atoms with E-state index in [1.54, 1.807) is 14.2 Å². The Bertz CT molecular complexity index is 437. The molecule has 1 rings (SSSR count). The van der Waals surface area contributed by atoms with Crippen molar-refractivity contribution in [2.24, 2.45) is 5.73 Å². The van der Waals surface area contributed by atoms with Gasteiger partial charge < -0.3 is 15.2 Å². The van der Waals surface area contributed by atoms with Gasteiger partial charge in [0.25, 0.3) is 0 Å². The van der Waals surface area contributed by atoms with Crippen LogP contribution in [0.5, 0.6) is 11.5 Å². The molecule has 0 aromatic heterocycles. The van der Waals surface area contributed by atoms with E-state index >= 15 is 0 Å². The van der Waals surface area contributed by atoms with Crippen molar-refractivity contribution in [1.82, 2.24) is 0 Å². The summed E-state index contributed by atoms with van der Waals surface area (Å²) in [6.45, 7) is 4.02. The van der Waals surface area contributed by atoms with Gasteiger partial charge in [-0.3, -0.25) is 4.21 Å². The fourth-order valence-electron chi connectivity index (χ4n) is 1.71. The minimum atomic E-state index is -0.908. The van der Waals surface area contributed by atoms with Crippen molar-refractivity contribution in [2.45, 2.75) is 31.6 Å². The molecule has 1 aromatic rings. The van der Waals surface area contributed by atoms with Crippen molar-refractivity contribution in [1.29, 1.82) is 0 Å². The molecule has 0 amide bonds. The first kappa shape index (κ1) is 16.0. The van der Waals surface area contributed by atoms with Gasteiger partial charge in [-0.1, -0.05) is 19.9 Å². The number of hydrogen-bond acceptors (Lipinski definition) is 4. The Kier molecular flexibility index (Phi) is 6.31. The van der Waals surface area contributed by atoms with Gasteiger partial charge >= 0.3 is 0 Å². The molecule has 108 valence electrons. The molecule has 3 unspecified atom stereocenters. The Hall–Kier alpha value is -1.07. The number of benzene rings is 1. The minimum absolute atomic E-state index is 0.172. The van der Waals surface area contributed by atoms with Crippen LogP contribution in [-0.4, -0.2) is 29.4 Å². The number of rotatable bonds is 7. The molecule has 0 aliphatic carbocycles. The maximum atomic E-state index is 12.0. The van der Waals surface area contributed by atoms with Gasteiger partial charge in [-0.25, -0.2) is 0 Å². The average Bonchev–Trinajstić information content (AvgIpc) is 2.45. The van der Waals surface area contributed by atoms with E-state index in [0.29, 0.717) is 17.3 Å². The lowest BCUT2D eigenvalue weighted by Gasteiger charge is -2.16. The molecule has 0 aliphatic rings. The van der Waals surface area contributed by atoms with Crippen molar-refractivity contribution in [2.75, 3.05) is 20.0 Å². The van der Waals surface area contributed by atoms with Crippen molar-refractivity contribution in [3.05, 3.63) is 23.8 Å². The van der Waals surface area contributed by atoms with E-state index in [1.807, 2.05) is 32.0 Å². The quantitative estimate of drug-likeness (QED) is 0.834. The molecule has 4 nitrogen and oxygen atoms in total. The van der Waals surface area contributed by atoms with Crippen molar-refractivity contribution in [3.8, 4) is 11.5 Å². The molecule has 0 saturated carbocycles. The Morgan fingerprint density at radius 1 is 1.26 bits per heavy atom. The van der Waals surface area contributed by atoms with Crippen LogP contribution < -0.4 is 15.2 Å². The fraction of sp³-hybridized carbons (Fsp3) is 0.571. The zero-order valence-corrected chi connectivity index (χ0v) is 12.8. The molecule has 0 bridgehead atoms. The topological polar surface area (TPSA) is 61.6 Å². The maximum Gasteiger partial charge on any atom is 0.161 e. The SMILES string of the molecule is CCC(C)S(=O)CC(N)c1ccc(OC)c(OC)c1. The van der Waals surface area contributed by atoms with Gasteiger partial charge in [-0.15, -0.1) is 0 Å².